The molecule has 7 heteroatoms. The van der Waals surface area contributed by atoms with E-state index in [0.29, 0.717) is 11.5 Å². The van der Waals surface area contributed by atoms with Crippen LogP contribution in [0.1, 0.15) is 11.5 Å². The van der Waals surface area contributed by atoms with Crippen molar-refractivity contribution in [3.63, 3.8) is 0 Å². The van der Waals surface area contributed by atoms with Crippen molar-refractivity contribution in [1.82, 2.24) is 15.3 Å². The molecule has 7 nitrogen and oxygen atoms in total. The predicted octanol–water partition coefficient (Wildman–Crippen LogP) is -1.60. The number of rotatable bonds is 3. The minimum Gasteiger partial charge on any atom is -0.352 e. The van der Waals surface area contributed by atoms with Crippen molar-refractivity contribution in [3.05, 3.63) is 27.9 Å². The van der Waals surface area contributed by atoms with Crippen LogP contribution in [0.2, 0.25) is 0 Å². The summed E-state index contributed by atoms with van der Waals surface area (Å²) in [5.41, 5.74) is 10.3. The number of H-pyrrole nitrogens is 1. The Labute approximate surface area is 79.5 Å². The van der Waals surface area contributed by atoms with Crippen molar-refractivity contribution in [2.24, 2.45) is 11.5 Å². The van der Waals surface area contributed by atoms with Crippen molar-refractivity contribution in [3.8, 4) is 0 Å². The van der Waals surface area contributed by atoms with Crippen LogP contribution in [0.4, 0.5) is 4.79 Å². The maximum atomic E-state index is 11.0. The van der Waals surface area contributed by atoms with E-state index < -0.39 is 6.03 Å². The van der Waals surface area contributed by atoms with Gasteiger partial charge in [-0.05, 0) is 0 Å². The first-order valence-corrected chi connectivity index (χ1v) is 3.94. The van der Waals surface area contributed by atoms with E-state index in [9.17, 15) is 9.59 Å². The SMILES string of the molecule is NCc1cc(=O)[nH]c(CNC(N)=O)n1. The zero-order chi connectivity index (χ0) is 10.6. The molecule has 0 bridgehead atoms. The molecule has 0 aliphatic rings. The molecule has 0 saturated heterocycles. The number of aromatic nitrogens is 2. The molecule has 0 spiro atoms. The lowest BCUT2D eigenvalue weighted by Crippen LogP contribution is -2.30. The summed E-state index contributed by atoms with van der Waals surface area (Å²) in [5.74, 6) is 0.330. The lowest BCUT2D eigenvalue weighted by molar-refractivity contribution is 0.248. The topological polar surface area (TPSA) is 127 Å². The second-order valence-corrected chi connectivity index (χ2v) is 2.61. The van der Waals surface area contributed by atoms with E-state index >= 15 is 0 Å². The van der Waals surface area contributed by atoms with Crippen LogP contribution in [-0.4, -0.2) is 16.0 Å². The molecule has 76 valence electrons. The van der Waals surface area contributed by atoms with Crippen LogP contribution in [0.5, 0.6) is 0 Å². The smallest absolute Gasteiger partial charge is 0.312 e. The Bertz CT molecular complexity index is 386. The third-order valence-electron chi connectivity index (χ3n) is 1.48. The molecule has 0 fully saturated rings. The predicted molar refractivity (Wildman–Crippen MR) is 49.2 cm³/mol. The van der Waals surface area contributed by atoms with Gasteiger partial charge in [0, 0.05) is 12.6 Å². The molecule has 0 radical (unpaired) electrons. The maximum absolute atomic E-state index is 11.0. The van der Waals surface area contributed by atoms with Crippen LogP contribution in [-0.2, 0) is 13.1 Å². The monoisotopic (exact) mass is 197 g/mol. The van der Waals surface area contributed by atoms with Gasteiger partial charge in [0.25, 0.3) is 5.56 Å². The van der Waals surface area contributed by atoms with Crippen LogP contribution in [0.25, 0.3) is 0 Å². The Balaban J connectivity index is 2.81. The number of primary amides is 1. The lowest BCUT2D eigenvalue weighted by atomic mass is 10.4. The van der Waals surface area contributed by atoms with Gasteiger partial charge in [0.2, 0.25) is 0 Å². The van der Waals surface area contributed by atoms with Gasteiger partial charge in [0.05, 0.1) is 12.2 Å². The number of hydrogen-bond donors (Lipinski definition) is 4. The number of amides is 2. The van der Waals surface area contributed by atoms with Gasteiger partial charge in [-0.1, -0.05) is 0 Å². The Morgan fingerprint density at radius 2 is 2.36 bits per heavy atom. The molecule has 14 heavy (non-hydrogen) atoms. The highest BCUT2D eigenvalue weighted by atomic mass is 16.2. The maximum Gasteiger partial charge on any atom is 0.312 e. The zero-order valence-corrected chi connectivity index (χ0v) is 7.41. The fourth-order valence-electron chi connectivity index (χ4n) is 0.922. The van der Waals surface area contributed by atoms with E-state index in [2.05, 4.69) is 15.3 Å². The van der Waals surface area contributed by atoms with E-state index in [4.69, 9.17) is 11.5 Å². The number of nitrogens with zero attached hydrogens (tertiary/aromatic N) is 1. The first kappa shape index (κ1) is 10.2. The number of carbonyl (C=O) groups excluding carboxylic acids is 1. The third-order valence-corrected chi connectivity index (χ3v) is 1.48. The highest BCUT2D eigenvalue weighted by Gasteiger charge is 2.00. The molecule has 0 aliphatic heterocycles. The van der Waals surface area contributed by atoms with Gasteiger partial charge in [0.15, 0.2) is 0 Å². The molecule has 0 aromatic carbocycles. The fraction of sp³-hybridized carbons (Fsp3) is 0.286. The number of nitrogens with one attached hydrogen (secondary N) is 2. The summed E-state index contributed by atoms with van der Waals surface area (Å²) >= 11 is 0. The molecule has 0 unspecified atom stereocenters. The third kappa shape index (κ3) is 2.87. The van der Waals surface area contributed by atoms with Gasteiger partial charge >= 0.3 is 6.03 Å². The molecule has 0 saturated carbocycles. The standard InChI is InChI=1S/C7H11N5O2/c8-2-4-1-6(13)12-5(11-4)3-10-7(9)14/h1H,2-3,8H2,(H3,9,10,14)(H,11,12,13). The molecule has 0 atom stereocenters. The Hall–Kier alpha value is -1.89. The van der Waals surface area contributed by atoms with Crippen LogP contribution < -0.4 is 22.3 Å². The van der Waals surface area contributed by atoms with Crippen LogP contribution in [0.3, 0.4) is 0 Å². The van der Waals surface area contributed by atoms with Crippen molar-refractivity contribution in [2.45, 2.75) is 13.1 Å². The number of hydrogen-bond acceptors (Lipinski definition) is 4. The highest BCUT2D eigenvalue weighted by Crippen LogP contribution is 1.89. The quantitative estimate of drug-likeness (QED) is 0.465. The molecule has 1 aromatic rings. The number of aromatic amines is 1. The summed E-state index contributed by atoms with van der Waals surface area (Å²) in [5, 5.41) is 2.31. The average molecular weight is 197 g/mol. The average Bonchev–Trinajstić information content (AvgIpc) is 2.14. The van der Waals surface area contributed by atoms with Gasteiger partial charge in [-0.2, -0.15) is 0 Å². The van der Waals surface area contributed by atoms with Crippen molar-refractivity contribution in [2.75, 3.05) is 0 Å². The zero-order valence-electron chi connectivity index (χ0n) is 7.41. The number of nitrogens with two attached hydrogens (primary N) is 2. The summed E-state index contributed by atoms with van der Waals surface area (Å²) in [6, 6.07) is 0.624. The van der Waals surface area contributed by atoms with Crippen LogP contribution in [0.15, 0.2) is 10.9 Å². The van der Waals surface area contributed by atoms with Crippen LogP contribution >= 0.6 is 0 Å². The number of carbonyl (C=O) groups is 1. The van der Waals surface area contributed by atoms with Gasteiger partial charge in [0.1, 0.15) is 5.82 Å². The van der Waals surface area contributed by atoms with Crippen molar-refractivity contribution in [1.29, 1.82) is 0 Å². The molecule has 1 heterocycles. The summed E-state index contributed by atoms with van der Waals surface area (Å²) in [4.78, 5) is 27.8. The second-order valence-electron chi connectivity index (χ2n) is 2.61. The summed E-state index contributed by atoms with van der Waals surface area (Å²) in [6.07, 6.45) is 0. The van der Waals surface area contributed by atoms with Gasteiger partial charge in [-0.25, -0.2) is 9.78 Å². The highest BCUT2D eigenvalue weighted by molar-refractivity contribution is 5.71. The Morgan fingerprint density at radius 1 is 1.64 bits per heavy atom. The first-order chi connectivity index (χ1) is 6.61. The summed E-state index contributed by atoms with van der Waals surface area (Å²) < 4.78 is 0. The van der Waals surface area contributed by atoms with Crippen molar-refractivity contribution >= 4 is 6.03 Å². The Morgan fingerprint density at radius 3 is 2.93 bits per heavy atom. The van der Waals surface area contributed by atoms with Crippen LogP contribution in [0, 0.1) is 0 Å². The van der Waals surface area contributed by atoms with E-state index in [0.717, 1.165) is 0 Å². The van der Waals surface area contributed by atoms with Crippen molar-refractivity contribution < 1.29 is 4.79 Å². The second kappa shape index (κ2) is 4.38. The van der Waals surface area contributed by atoms with E-state index in [-0.39, 0.29) is 18.6 Å². The van der Waals surface area contributed by atoms with E-state index in [1.165, 1.54) is 6.07 Å². The summed E-state index contributed by atoms with van der Waals surface area (Å²) in [7, 11) is 0. The van der Waals surface area contributed by atoms with E-state index in [1.54, 1.807) is 0 Å². The van der Waals surface area contributed by atoms with Gasteiger partial charge in [-0.15, -0.1) is 0 Å². The summed E-state index contributed by atoms with van der Waals surface area (Å²) in [6.45, 7) is 0.256. The molecule has 1 rings (SSSR count). The minimum absolute atomic E-state index is 0.0818. The first-order valence-electron chi connectivity index (χ1n) is 3.94. The minimum atomic E-state index is -0.675. The van der Waals surface area contributed by atoms with Gasteiger partial charge in [-0.3, -0.25) is 4.79 Å². The molecular weight excluding hydrogens is 186 g/mol. The fourth-order valence-corrected chi connectivity index (χ4v) is 0.922. The normalized spacial score (nSPS) is 9.79. The molecule has 1 aromatic heterocycles. The van der Waals surface area contributed by atoms with Gasteiger partial charge < -0.3 is 21.8 Å². The van der Waals surface area contributed by atoms with E-state index in [1.807, 2.05) is 0 Å². The Kier molecular flexibility index (Phi) is 3.19. The lowest BCUT2D eigenvalue weighted by Gasteiger charge is -2.02. The molecule has 2 amide bonds. The number of urea groups is 1. The largest absolute Gasteiger partial charge is 0.352 e. The molecule has 6 N–H and O–H groups in total. The molecule has 0 aliphatic carbocycles. The molecular formula is C7H11N5O2.